The molecule has 8 nitrogen and oxygen atoms in total. The van der Waals surface area contributed by atoms with Crippen molar-refractivity contribution in [3.8, 4) is 0 Å². The van der Waals surface area contributed by atoms with Gasteiger partial charge in [0.25, 0.3) is 0 Å². The van der Waals surface area contributed by atoms with E-state index >= 15 is 4.79 Å². The van der Waals surface area contributed by atoms with Gasteiger partial charge in [-0.3, -0.25) is 19.2 Å². The van der Waals surface area contributed by atoms with Gasteiger partial charge < -0.3 is 20.1 Å². The Kier molecular flexibility index (Phi) is 9.81. The number of amides is 2. The quantitative estimate of drug-likeness (QED) is 0.237. The summed E-state index contributed by atoms with van der Waals surface area (Å²) in [5, 5.41) is 13.4. The molecule has 2 N–H and O–H groups in total. The number of hydrogen-bond donors (Lipinski definition) is 2. The third-order valence-corrected chi connectivity index (χ3v) is 20.7. The molecule has 1 saturated heterocycles. The molecular weight excluding hydrogens is 713 g/mol. The number of aliphatic carboxylic acids is 1. The number of piperidine rings is 1. The SMILES string of the molecule is CC(C)(CC(=O)O[C@H]1CC[C@]2(C)[C@H]3CC[C@@H]4C5[C@H](C6(C)CC6)CC[C@]5(C(=O)N[C@H]5C[C@@H](C(=O)N6CCCCC6)C5(C)C)CC[C@@]4(C)[C@]3(C)CC[C@H]2C1(C)C)C(=O)O. The lowest BCUT2D eigenvalue weighted by atomic mass is 9.32. The first-order chi connectivity index (χ1) is 26.5. The lowest BCUT2D eigenvalue weighted by Crippen LogP contribution is -2.68. The second-order valence-electron chi connectivity index (χ2n) is 24.4. The summed E-state index contributed by atoms with van der Waals surface area (Å²) >= 11 is 0. The van der Waals surface area contributed by atoms with Gasteiger partial charge in [0.2, 0.25) is 11.8 Å². The van der Waals surface area contributed by atoms with Gasteiger partial charge in [0, 0.05) is 30.5 Å². The molecule has 8 aliphatic rings. The number of nitrogens with one attached hydrogen (secondary N) is 1. The van der Waals surface area contributed by atoms with Crippen molar-refractivity contribution in [1.29, 1.82) is 0 Å². The van der Waals surface area contributed by atoms with Crippen LogP contribution in [0.4, 0.5) is 0 Å². The molecular formula is C49H78N2O6. The Balaban J connectivity index is 1.02. The summed E-state index contributed by atoms with van der Waals surface area (Å²) in [5.74, 6) is 1.75. The first-order valence-electron chi connectivity index (χ1n) is 23.5. The fourth-order valence-corrected chi connectivity index (χ4v) is 16.4. The molecule has 2 amide bonds. The largest absolute Gasteiger partial charge is 0.481 e. The number of ether oxygens (including phenoxy) is 1. The highest BCUT2D eigenvalue weighted by Gasteiger charge is 2.74. The third-order valence-electron chi connectivity index (χ3n) is 20.7. The number of fused-ring (bicyclic) bond motifs is 7. The van der Waals surface area contributed by atoms with Crippen LogP contribution in [0.5, 0.6) is 0 Å². The van der Waals surface area contributed by atoms with Crippen molar-refractivity contribution in [2.24, 2.45) is 78.8 Å². The van der Waals surface area contributed by atoms with Crippen LogP contribution in [0.25, 0.3) is 0 Å². The predicted octanol–water partition coefficient (Wildman–Crippen LogP) is 9.82. The van der Waals surface area contributed by atoms with Crippen LogP contribution in [0, 0.1) is 78.8 Å². The van der Waals surface area contributed by atoms with Crippen LogP contribution in [-0.4, -0.2) is 59.0 Å². The van der Waals surface area contributed by atoms with Gasteiger partial charge in [0.1, 0.15) is 6.10 Å². The maximum absolute atomic E-state index is 15.2. The van der Waals surface area contributed by atoms with E-state index in [1.165, 1.54) is 38.5 Å². The summed E-state index contributed by atoms with van der Waals surface area (Å²) in [4.78, 5) is 55.9. The van der Waals surface area contributed by atoms with Crippen LogP contribution >= 0.6 is 0 Å². The highest BCUT2D eigenvalue weighted by atomic mass is 16.5. The van der Waals surface area contributed by atoms with Crippen molar-refractivity contribution in [1.82, 2.24) is 10.2 Å². The second-order valence-corrected chi connectivity index (χ2v) is 24.4. The predicted molar refractivity (Wildman–Crippen MR) is 222 cm³/mol. The van der Waals surface area contributed by atoms with Crippen molar-refractivity contribution in [2.45, 2.75) is 191 Å². The van der Waals surface area contributed by atoms with Gasteiger partial charge in [-0.2, -0.15) is 0 Å². The topological polar surface area (TPSA) is 113 Å². The molecule has 0 aromatic carbocycles. The Morgan fingerprint density at radius 3 is 2.04 bits per heavy atom. The maximum Gasteiger partial charge on any atom is 0.309 e. The van der Waals surface area contributed by atoms with E-state index in [9.17, 15) is 19.5 Å². The number of likely N-dealkylation sites (tertiary alicyclic amines) is 1. The second kappa shape index (κ2) is 13.4. The monoisotopic (exact) mass is 791 g/mol. The van der Waals surface area contributed by atoms with E-state index in [2.05, 4.69) is 65.6 Å². The number of nitrogens with zero attached hydrogens (tertiary/aromatic N) is 1. The van der Waals surface area contributed by atoms with Crippen LogP contribution in [0.15, 0.2) is 0 Å². The summed E-state index contributed by atoms with van der Waals surface area (Å²) in [6.07, 6.45) is 17.2. The highest BCUT2D eigenvalue weighted by Crippen LogP contribution is 2.79. The Bertz CT molecular complexity index is 1660. The minimum atomic E-state index is -1.15. The molecule has 7 aliphatic carbocycles. The number of carbonyl (C=O) groups excluding carboxylic acids is 3. The first kappa shape index (κ1) is 41.6. The molecule has 8 fully saturated rings. The average Bonchev–Trinajstić information content (AvgIpc) is 3.75. The molecule has 7 saturated carbocycles. The number of hydrogen-bond acceptors (Lipinski definition) is 5. The van der Waals surface area contributed by atoms with Gasteiger partial charge >= 0.3 is 11.9 Å². The summed E-state index contributed by atoms with van der Waals surface area (Å²) in [7, 11) is 0. The van der Waals surface area contributed by atoms with Gasteiger partial charge in [0.05, 0.1) is 17.3 Å². The molecule has 8 heteroatoms. The van der Waals surface area contributed by atoms with Crippen molar-refractivity contribution in [3.05, 3.63) is 0 Å². The molecule has 1 aliphatic heterocycles. The normalized spacial score (nSPS) is 45.2. The molecule has 0 aromatic rings. The van der Waals surface area contributed by atoms with Crippen LogP contribution in [-0.2, 0) is 23.9 Å². The minimum Gasteiger partial charge on any atom is -0.481 e. The molecule has 1 heterocycles. The van der Waals surface area contributed by atoms with E-state index in [1.54, 1.807) is 13.8 Å². The standard InChI is InChI=1S/C49H78N2O6/c1-42(2,41(55)56)29-37(52)57-36-18-19-46(8)33(44(36,5)6)17-20-48(10)34(46)15-14-31-38-30(45(7)22-23-45)16-21-49(38,25-24-47(31,48)9)40(54)50-35-28-32(43(35,3)4)39(53)51-26-12-11-13-27-51/h30-36,38H,11-29H2,1-10H3,(H,50,54)(H,55,56)/t30-,31-,32+,33+,34-,35+,36+,38?,46+,47-,48-,49+/m1/s1. The van der Waals surface area contributed by atoms with E-state index in [1.807, 2.05) is 0 Å². The fourth-order valence-electron chi connectivity index (χ4n) is 16.4. The zero-order chi connectivity index (χ0) is 41.4. The third kappa shape index (κ3) is 6.05. The van der Waals surface area contributed by atoms with Gasteiger partial charge in [-0.05, 0) is 173 Å². The smallest absolute Gasteiger partial charge is 0.309 e. The first-order valence-corrected chi connectivity index (χ1v) is 23.5. The molecule has 57 heavy (non-hydrogen) atoms. The number of rotatable bonds is 8. The van der Waals surface area contributed by atoms with Crippen molar-refractivity contribution >= 4 is 23.8 Å². The Labute approximate surface area is 344 Å². The van der Waals surface area contributed by atoms with Gasteiger partial charge in [0.15, 0.2) is 0 Å². The number of carbonyl (C=O) groups is 4. The lowest BCUT2D eigenvalue weighted by molar-refractivity contribution is -0.251. The van der Waals surface area contributed by atoms with Gasteiger partial charge in [-0.15, -0.1) is 0 Å². The summed E-state index contributed by atoms with van der Waals surface area (Å²) in [6, 6.07) is 0.0486. The highest BCUT2D eigenvalue weighted by molar-refractivity contribution is 5.86. The molecule has 0 bridgehead atoms. The van der Waals surface area contributed by atoms with E-state index in [0.29, 0.717) is 46.8 Å². The minimum absolute atomic E-state index is 0.00607. The molecule has 12 atom stereocenters. The zero-order valence-corrected chi connectivity index (χ0v) is 37.5. The van der Waals surface area contributed by atoms with Crippen LogP contribution in [0.1, 0.15) is 178 Å². The Hall–Kier alpha value is -2.12. The van der Waals surface area contributed by atoms with Crippen molar-refractivity contribution in [2.75, 3.05) is 13.1 Å². The number of carboxylic acids is 1. The van der Waals surface area contributed by atoms with Crippen molar-refractivity contribution < 1.29 is 29.0 Å². The summed E-state index contributed by atoms with van der Waals surface area (Å²) < 4.78 is 6.22. The van der Waals surface area contributed by atoms with Crippen LogP contribution < -0.4 is 5.32 Å². The zero-order valence-electron chi connectivity index (χ0n) is 37.5. The van der Waals surface area contributed by atoms with E-state index in [4.69, 9.17) is 4.74 Å². The molecule has 8 rings (SSSR count). The van der Waals surface area contributed by atoms with E-state index < -0.39 is 17.4 Å². The van der Waals surface area contributed by atoms with Gasteiger partial charge in [-0.1, -0.05) is 55.4 Å². The molecule has 0 spiro atoms. The van der Waals surface area contributed by atoms with Crippen molar-refractivity contribution in [3.63, 3.8) is 0 Å². The maximum atomic E-state index is 15.2. The molecule has 0 radical (unpaired) electrons. The summed E-state index contributed by atoms with van der Waals surface area (Å²) in [6.45, 7) is 24.5. The molecule has 0 aromatic heterocycles. The van der Waals surface area contributed by atoms with Gasteiger partial charge in [-0.25, -0.2) is 0 Å². The Morgan fingerprint density at radius 2 is 1.40 bits per heavy atom. The molecule has 320 valence electrons. The van der Waals surface area contributed by atoms with Crippen LogP contribution in [0.3, 0.4) is 0 Å². The average molecular weight is 791 g/mol. The van der Waals surface area contributed by atoms with E-state index in [-0.39, 0.29) is 57.0 Å². The molecule has 1 unspecified atom stereocenters. The number of carboxylic acid groups (broad SMARTS) is 1. The van der Waals surface area contributed by atoms with E-state index in [0.717, 1.165) is 77.3 Å². The van der Waals surface area contributed by atoms with Crippen LogP contribution in [0.2, 0.25) is 0 Å². The number of esters is 1. The summed E-state index contributed by atoms with van der Waals surface area (Å²) in [5.41, 5.74) is -1.14. The Morgan fingerprint density at radius 1 is 0.719 bits per heavy atom. The lowest BCUT2D eigenvalue weighted by Gasteiger charge is -2.73. The fraction of sp³-hybridized carbons (Fsp3) is 0.918.